The highest BCUT2D eigenvalue weighted by atomic mass is 35.5. The number of rotatable bonds is 4. The van der Waals surface area contributed by atoms with Crippen molar-refractivity contribution in [2.75, 3.05) is 0 Å². The van der Waals surface area contributed by atoms with E-state index in [2.05, 4.69) is 10.3 Å². The predicted molar refractivity (Wildman–Crippen MR) is 74.9 cm³/mol. The second-order valence-corrected chi connectivity index (χ2v) is 4.93. The lowest BCUT2D eigenvalue weighted by Gasteiger charge is -2.13. The van der Waals surface area contributed by atoms with Crippen molar-refractivity contribution >= 4 is 17.5 Å². The highest BCUT2D eigenvalue weighted by molar-refractivity contribution is 6.30. The van der Waals surface area contributed by atoms with Gasteiger partial charge in [0.2, 0.25) is 5.91 Å². The Morgan fingerprint density at radius 1 is 1.42 bits per heavy atom. The summed E-state index contributed by atoms with van der Waals surface area (Å²) in [6.45, 7) is 1.92. The van der Waals surface area contributed by atoms with Crippen LogP contribution in [0.4, 0.5) is 0 Å². The lowest BCUT2D eigenvalue weighted by atomic mass is 10.1. The summed E-state index contributed by atoms with van der Waals surface area (Å²) >= 11 is 5.81. The van der Waals surface area contributed by atoms with Crippen LogP contribution in [0, 0.1) is 0 Å². The van der Waals surface area contributed by atoms with Crippen LogP contribution in [-0.2, 0) is 18.3 Å². The molecule has 0 aliphatic carbocycles. The maximum atomic E-state index is 11.9. The molecule has 1 aromatic heterocycles. The van der Waals surface area contributed by atoms with Gasteiger partial charge in [-0.15, -0.1) is 0 Å². The number of carbonyl (C=O) groups is 1. The minimum absolute atomic E-state index is 0.0298. The van der Waals surface area contributed by atoms with E-state index >= 15 is 0 Å². The van der Waals surface area contributed by atoms with Gasteiger partial charge in [-0.25, -0.2) is 4.98 Å². The first-order valence-corrected chi connectivity index (χ1v) is 6.45. The average Bonchev–Trinajstić information content (AvgIpc) is 2.78. The number of halogens is 1. The van der Waals surface area contributed by atoms with E-state index in [4.69, 9.17) is 11.6 Å². The zero-order chi connectivity index (χ0) is 13.8. The fourth-order valence-corrected chi connectivity index (χ4v) is 2.07. The van der Waals surface area contributed by atoms with Crippen LogP contribution in [0.2, 0.25) is 5.02 Å². The highest BCUT2D eigenvalue weighted by Crippen LogP contribution is 2.11. The minimum atomic E-state index is -0.111. The van der Waals surface area contributed by atoms with Crippen molar-refractivity contribution in [1.82, 2.24) is 14.9 Å². The van der Waals surface area contributed by atoms with E-state index in [-0.39, 0.29) is 11.9 Å². The molecule has 1 aromatic carbocycles. The Morgan fingerprint density at radius 2 is 2.11 bits per heavy atom. The number of nitrogens with one attached hydrogen (secondary N) is 1. The van der Waals surface area contributed by atoms with Gasteiger partial charge in [0.05, 0.1) is 12.5 Å². The molecule has 1 atom stereocenters. The highest BCUT2D eigenvalue weighted by Gasteiger charge is 2.13. The predicted octanol–water partition coefficient (Wildman–Crippen LogP) is 2.49. The van der Waals surface area contributed by atoms with Crippen molar-refractivity contribution in [3.05, 3.63) is 53.1 Å². The number of amides is 1. The van der Waals surface area contributed by atoms with Crippen LogP contribution in [0.3, 0.4) is 0 Å². The smallest absolute Gasteiger partial charge is 0.224 e. The van der Waals surface area contributed by atoms with Crippen molar-refractivity contribution in [2.45, 2.75) is 19.4 Å². The summed E-state index contributed by atoms with van der Waals surface area (Å²) in [7, 11) is 1.91. The third-order valence-electron chi connectivity index (χ3n) is 2.90. The van der Waals surface area contributed by atoms with Crippen LogP contribution >= 0.6 is 11.6 Å². The Bertz CT molecular complexity index is 562. The number of hydrogen-bond donors (Lipinski definition) is 1. The van der Waals surface area contributed by atoms with Gasteiger partial charge in [0.25, 0.3) is 0 Å². The molecule has 0 bridgehead atoms. The third-order valence-corrected chi connectivity index (χ3v) is 3.15. The van der Waals surface area contributed by atoms with E-state index in [1.54, 1.807) is 18.3 Å². The number of imidazole rings is 1. The number of nitrogens with zero attached hydrogens (tertiary/aromatic N) is 2. The van der Waals surface area contributed by atoms with E-state index in [1.165, 1.54) is 0 Å². The van der Waals surface area contributed by atoms with Gasteiger partial charge in [-0.1, -0.05) is 23.7 Å². The summed E-state index contributed by atoms with van der Waals surface area (Å²) in [5.41, 5.74) is 0.939. The molecule has 1 amide bonds. The fourth-order valence-electron chi connectivity index (χ4n) is 1.94. The molecule has 0 aliphatic heterocycles. The fraction of sp³-hybridized carbons (Fsp3) is 0.286. The Hall–Kier alpha value is -1.81. The van der Waals surface area contributed by atoms with Crippen molar-refractivity contribution in [1.29, 1.82) is 0 Å². The lowest BCUT2D eigenvalue weighted by Crippen LogP contribution is -2.29. The van der Waals surface area contributed by atoms with E-state index in [1.807, 2.05) is 36.9 Å². The maximum absolute atomic E-state index is 11.9. The summed E-state index contributed by atoms with van der Waals surface area (Å²) in [5, 5.41) is 3.60. The Kier molecular flexibility index (Phi) is 4.22. The molecular formula is C14H16ClN3O. The first-order chi connectivity index (χ1) is 9.06. The van der Waals surface area contributed by atoms with Crippen LogP contribution in [0.5, 0.6) is 0 Å². The number of aromatic nitrogens is 2. The van der Waals surface area contributed by atoms with E-state index in [0.717, 1.165) is 11.4 Å². The summed E-state index contributed by atoms with van der Waals surface area (Å²) in [4.78, 5) is 16.2. The van der Waals surface area contributed by atoms with Gasteiger partial charge in [-0.3, -0.25) is 4.79 Å². The SMILES string of the molecule is CC(NC(=O)Cc1ccc(Cl)cc1)c1nccn1C. The molecule has 0 radical (unpaired) electrons. The van der Waals surface area contributed by atoms with Crippen LogP contribution in [0.1, 0.15) is 24.4 Å². The molecule has 1 heterocycles. The first-order valence-electron chi connectivity index (χ1n) is 6.07. The van der Waals surface area contributed by atoms with Gasteiger partial charge < -0.3 is 9.88 Å². The molecule has 2 rings (SSSR count). The molecule has 100 valence electrons. The topological polar surface area (TPSA) is 46.9 Å². The molecule has 0 fully saturated rings. The van der Waals surface area contributed by atoms with E-state index in [9.17, 15) is 4.79 Å². The molecule has 0 spiro atoms. The maximum Gasteiger partial charge on any atom is 0.224 e. The van der Waals surface area contributed by atoms with Crippen LogP contribution in [0.25, 0.3) is 0 Å². The summed E-state index contributed by atoms with van der Waals surface area (Å²) in [6, 6.07) is 7.17. The van der Waals surface area contributed by atoms with Gasteiger partial charge >= 0.3 is 0 Å². The monoisotopic (exact) mass is 277 g/mol. The van der Waals surface area contributed by atoms with Crippen molar-refractivity contribution in [3.8, 4) is 0 Å². The van der Waals surface area contributed by atoms with Crippen molar-refractivity contribution < 1.29 is 4.79 Å². The number of aryl methyl sites for hydroxylation is 1. The van der Waals surface area contributed by atoms with Crippen molar-refractivity contribution in [3.63, 3.8) is 0 Å². The molecule has 2 aromatic rings. The van der Waals surface area contributed by atoms with Crippen LogP contribution in [-0.4, -0.2) is 15.5 Å². The van der Waals surface area contributed by atoms with E-state index in [0.29, 0.717) is 11.4 Å². The second kappa shape index (κ2) is 5.89. The molecule has 4 nitrogen and oxygen atoms in total. The molecule has 5 heteroatoms. The number of benzene rings is 1. The normalized spacial score (nSPS) is 12.2. The zero-order valence-electron chi connectivity index (χ0n) is 10.9. The van der Waals surface area contributed by atoms with E-state index < -0.39 is 0 Å². The summed E-state index contributed by atoms with van der Waals surface area (Å²) < 4.78 is 1.90. The first kappa shape index (κ1) is 13.6. The molecule has 1 unspecified atom stereocenters. The minimum Gasteiger partial charge on any atom is -0.346 e. The molecular weight excluding hydrogens is 262 g/mol. The number of carbonyl (C=O) groups excluding carboxylic acids is 1. The van der Waals surface area contributed by atoms with Gasteiger partial charge in [0, 0.05) is 24.5 Å². The largest absolute Gasteiger partial charge is 0.346 e. The molecule has 0 saturated carbocycles. The van der Waals surface area contributed by atoms with Gasteiger partial charge in [-0.2, -0.15) is 0 Å². The quantitative estimate of drug-likeness (QED) is 0.933. The van der Waals surface area contributed by atoms with Crippen LogP contribution < -0.4 is 5.32 Å². The Labute approximate surface area is 117 Å². The third kappa shape index (κ3) is 3.58. The standard InChI is InChI=1S/C14H16ClN3O/c1-10(14-16-7-8-18(14)2)17-13(19)9-11-3-5-12(15)6-4-11/h3-8,10H,9H2,1-2H3,(H,17,19). The van der Waals surface area contributed by atoms with Crippen molar-refractivity contribution in [2.24, 2.45) is 7.05 Å². The molecule has 0 saturated heterocycles. The second-order valence-electron chi connectivity index (χ2n) is 4.49. The van der Waals surface area contributed by atoms with Crippen LogP contribution in [0.15, 0.2) is 36.7 Å². The number of hydrogen-bond acceptors (Lipinski definition) is 2. The average molecular weight is 278 g/mol. The van der Waals surface area contributed by atoms with Gasteiger partial charge in [0.15, 0.2) is 0 Å². The van der Waals surface area contributed by atoms with Gasteiger partial charge in [-0.05, 0) is 24.6 Å². The molecule has 1 N–H and O–H groups in total. The Balaban J connectivity index is 1.94. The lowest BCUT2D eigenvalue weighted by molar-refractivity contribution is -0.121. The zero-order valence-corrected chi connectivity index (χ0v) is 11.7. The van der Waals surface area contributed by atoms with Gasteiger partial charge in [0.1, 0.15) is 5.82 Å². The molecule has 0 aliphatic rings. The molecule has 19 heavy (non-hydrogen) atoms. The summed E-state index contributed by atoms with van der Waals surface area (Å²) in [5.74, 6) is 0.808. The Morgan fingerprint density at radius 3 is 2.68 bits per heavy atom. The summed E-state index contributed by atoms with van der Waals surface area (Å²) in [6.07, 6.45) is 3.92.